The van der Waals surface area contributed by atoms with Gasteiger partial charge in [0.05, 0.1) is 22.7 Å². The smallest absolute Gasteiger partial charge is 0.256 e. The Morgan fingerprint density at radius 1 is 0.417 bits per heavy atom. The van der Waals surface area contributed by atoms with E-state index < -0.39 is 0 Å². The summed E-state index contributed by atoms with van der Waals surface area (Å²) >= 11 is 10.8. The third kappa shape index (κ3) is 5.73. The lowest BCUT2D eigenvalue weighted by molar-refractivity contribution is 0.486. The molecule has 350 valence electrons. The second-order valence-electron chi connectivity index (χ2n) is 19.9. The molecule has 0 saturated heterocycles. The van der Waals surface area contributed by atoms with Crippen LogP contribution in [0, 0.1) is 0 Å². The summed E-state index contributed by atoms with van der Waals surface area (Å²) in [5.74, 6) is 1.89. The van der Waals surface area contributed by atoms with Crippen molar-refractivity contribution in [3.05, 3.63) is 139 Å². The van der Waals surface area contributed by atoms with Crippen LogP contribution in [-0.2, 0) is 5.41 Å². The van der Waals surface area contributed by atoms with Gasteiger partial charge >= 0.3 is 0 Å². The summed E-state index contributed by atoms with van der Waals surface area (Å²) in [5, 5.41) is 4.13. The van der Waals surface area contributed by atoms with E-state index in [1.807, 2.05) is 35.5 Å². The highest BCUT2D eigenvalue weighted by Gasteiger charge is 2.51. The van der Waals surface area contributed by atoms with E-state index in [4.69, 9.17) is 4.74 Å². The first-order valence-electron chi connectivity index (χ1n) is 24.3. The third-order valence-corrected chi connectivity index (χ3v) is 20.8. The van der Waals surface area contributed by atoms with Crippen molar-refractivity contribution < 1.29 is 4.74 Å². The predicted molar refractivity (Wildman–Crippen MR) is 325 cm³/mol. The SMILES string of the molecule is CSc1cc2c3c(c1)N(SC)c1cc4c(cc1B3c1ccccc1O2)B1c2cc3c(cc2N(SC)c2cc(SC)cc(c21)N4SC)Nc1cc(SC)cc2c1B3c1cccc3c1N2c1ccccc1C3(C)C. The summed E-state index contributed by atoms with van der Waals surface area (Å²) in [6.45, 7) is 4.81. The fourth-order valence-electron chi connectivity index (χ4n) is 13.5. The number of hydrogen-bond donors (Lipinski definition) is 1. The number of rotatable bonds is 6. The zero-order chi connectivity index (χ0) is 48.6. The standard InChI is InChI=1S/C57H46B3N5OS6/c1-57(2)33-14-9-11-18-43(33)62-47-21-30(67-3)20-42-53(47)59(36-17-13-15-34(57)56(36)62)37-26-38-44(28-41(37)61-42)63(70-6)48-22-31(68-4)23-49-54(48)60(38)40-27-39-45(29-46(40)64(49)71-7)65(72-8)50-24-32(69-5)25-52-55(50)58(39)35-16-10-12-19-51(35)66-52/h9-29,61H,1-8H3. The maximum Gasteiger partial charge on any atom is 0.256 e. The Bertz CT molecular complexity index is 3760. The van der Waals surface area contributed by atoms with E-state index in [0.29, 0.717) is 0 Å². The van der Waals surface area contributed by atoms with Crippen LogP contribution < -0.4 is 77.0 Å². The minimum Gasteiger partial charge on any atom is -0.458 e. The quantitative estimate of drug-likeness (QED) is 0.0979. The molecule has 72 heavy (non-hydrogen) atoms. The summed E-state index contributed by atoms with van der Waals surface area (Å²) < 4.78 is 14.4. The van der Waals surface area contributed by atoms with Gasteiger partial charge < -0.3 is 15.0 Å². The Kier molecular flexibility index (Phi) is 9.81. The van der Waals surface area contributed by atoms with E-state index in [1.54, 1.807) is 35.7 Å². The second-order valence-corrected chi connectivity index (χ2v) is 24.8. The van der Waals surface area contributed by atoms with Crippen molar-refractivity contribution in [2.45, 2.75) is 33.9 Å². The highest BCUT2D eigenvalue weighted by molar-refractivity contribution is 8.01. The molecule has 7 aliphatic heterocycles. The number of para-hydroxylation sites is 3. The predicted octanol–water partition coefficient (Wildman–Crippen LogP) is 10.2. The Hall–Kier alpha value is -5.15. The molecule has 15 heteroatoms. The van der Waals surface area contributed by atoms with Crippen LogP contribution in [0.1, 0.15) is 25.0 Å². The molecule has 15 rings (SSSR count). The van der Waals surface area contributed by atoms with Crippen LogP contribution in [-0.4, -0.2) is 57.7 Å². The molecule has 0 bridgehead atoms. The van der Waals surface area contributed by atoms with Gasteiger partial charge in [-0.1, -0.05) is 80.6 Å². The zero-order valence-electron chi connectivity index (χ0n) is 41.0. The Morgan fingerprint density at radius 3 is 1.65 bits per heavy atom. The van der Waals surface area contributed by atoms with Crippen LogP contribution in [0.4, 0.5) is 62.6 Å². The van der Waals surface area contributed by atoms with Crippen molar-refractivity contribution in [1.29, 1.82) is 0 Å². The van der Waals surface area contributed by atoms with Crippen LogP contribution in [0.3, 0.4) is 0 Å². The molecule has 7 heterocycles. The lowest BCUT2D eigenvalue weighted by atomic mass is 9.29. The van der Waals surface area contributed by atoms with Crippen LogP contribution in [0.5, 0.6) is 11.5 Å². The maximum absolute atomic E-state index is 6.85. The molecule has 0 fully saturated rings. The van der Waals surface area contributed by atoms with Crippen molar-refractivity contribution >= 4 is 203 Å². The van der Waals surface area contributed by atoms with Gasteiger partial charge in [-0.05, 0) is 176 Å². The number of nitrogens with one attached hydrogen (secondary N) is 1. The lowest BCUT2D eigenvalue weighted by Crippen LogP contribution is -2.66. The van der Waals surface area contributed by atoms with E-state index in [1.165, 1.54) is 138 Å². The topological polar surface area (TPSA) is 34.2 Å². The summed E-state index contributed by atoms with van der Waals surface area (Å²) in [6.07, 6.45) is 13.3. The van der Waals surface area contributed by atoms with Gasteiger partial charge in [-0.25, -0.2) is 0 Å². The molecule has 1 N–H and O–H groups in total. The fraction of sp³-hybridized carbons (Fsp3) is 0.158. The average Bonchev–Trinajstić information content (AvgIpc) is 3.41. The molecule has 8 aromatic rings. The summed E-state index contributed by atoms with van der Waals surface area (Å²) in [5.41, 5.74) is 28.1. The van der Waals surface area contributed by atoms with E-state index >= 15 is 0 Å². The monoisotopic (exact) mass is 1040 g/mol. The molecule has 0 saturated carbocycles. The van der Waals surface area contributed by atoms with E-state index in [9.17, 15) is 0 Å². The van der Waals surface area contributed by atoms with Crippen molar-refractivity contribution in [1.82, 2.24) is 0 Å². The molecular formula is C57H46B3N5OS6. The van der Waals surface area contributed by atoms with Gasteiger partial charge in [0, 0.05) is 78.7 Å². The zero-order valence-corrected chi connectivity index (χ0v) is 45.9. The van der Waals surface area contributed by atoms with Crippen molar-refractivity contribution in [3.8, 4) is 11.5 Å². The van der Waals surface area contributed by atoms with Gasteiger partial charge in [-0.2, -0.15) is 0 Å². The molecule has 0 aliphatic carbocycles. The molecule has 0 unspecified atom stereocenters. The first-order chi connectivity index (χ1) is 35.2. The van der Waals surface area contributed by atoms with Crippen molar-refractivity contribution in [2.24, 2.45) is 0 Å². The molecule has 8 aromatic carbocycles. The highest BCUT2D eigenvalue weighted by atomic mass is 32.2. The van der Waals surface area contributed by atoms with Gasteiger partial charge in [0.25, 0.3) is 20.1 Å². The van der Waals surface area contributed by atoms with Gasteiger partial charge in [-0.15, -0.1) is 35.3 Å². The average molecular weight is 1040 g/mol. The highest BCUT2D eigenvalue weighted by Crippen LogP contribution is 2.54. The summed E-state index contributed by atoms with van der Waals surface area (Å²) in [4.78, 5) is 6.31. The molecular weight excluding hydrogens is 995 g/mol. The van der Waals surface area contributed by atoms with E-state index in [0.717, 1.165) is 11.5 Å². The first-order valence-corrected chi connectivity index (χ1v) is 31.5. The van der Waals surface area contributed by atoms with Crippen LogP contribution in [0.15, 0.2) is 142 Å². The van der Waals surface area contributed by atoms with E-state index in [-0.39, 0.29) is 25.6 Å². The number of anilines is 11. The molecule has 0 aromatic heterocycles. The molecule has 0 atom stereocenters. The molecule has 6 nitrogen and oxygen atoms in total. The molecule has 0 spiro atoms. The van der Waals surface area contributed by atoms with Crippen molar-refractivity contribution in [2.75, 3.05) is 60.7 Å². The number of hydrogen-bond acceptors (Lipinski definition) is 12. The number of nitrogens with zero attached hydrogens (tertiary/aromatic N) is 4. The Morgan fingerprint density at radius 2 is 0.958 bits per heavy atom. The lowest BCUT2D eigenvalue weighted by Gasteiger charge is -2.49. The van der Waals surface area contributed by atoms with Crippen LogP contribution in [0.2, 0.25) is 0 Å². The maximum atomic E-state index is 6.85. The number of benzene rings is 8. The number of thioether (sulfide) groups is 3. The van der Waals surface area contributed by atoms with Crippen molar-refractivity contribution in [3.63, 3.8) is 0 Å². The normalized spacial score (nSPS) is 15.7. The molecule has 7 aliphatic rings. The molecule has 0 radical (unpaired) electrons. The van der Waals surface area contributed by atoms with Crippen LogP contribution in [0.25, 0.3) is 0 Å². The fourth-order valence-corrected chi connectivity index (χ4v) is 17.0. The van der Waals surface area contributed by atoms with Gasteiger partial charge in [0.2, 0.25) is 0 Å². The largest absolute Gasteiger partial charge is 0.458 e. The first kappa shape index (κ1) is 44.4. The van der Waals surface area contributed by atoms with E-state index in [2.05, 4.69) is 202 Å². The van der Waals surface area contributed by atoms with Crippen LogP contribution >= 0.6 is 71.1 Å². The van der Waals surface area contributed by atoms with Gasteiger partial charge in [-0.3, -0.25) is 12.9 Å². The Labute approximate surface area is 448 Å². The number of fused-ring (bicyclic) bond motifs is 14. The summed E-state index contributed by atoms with van der Waals surface area (Å²) in [7, 11) is 0. The Balaban J connectivity index is 1.01. The van der Waals surface area contributed by atoms with Gasteiger partial charge in [0.1, 0.15) is 11.5 Å². The second kappa shape index (κ2) is 15.9. The minimum absolute atomic E-state index is 0.00503. The third-order valence-electron chi connectivity index (χ3n) is 16.4. The molecule has 0 amide bonds. The number of ether oxygens (including phenoxy) is 1. The minimum atomic E-state index is -0.181. The van der Waals surface area contributed by atoms with Gasteiger partial charge in [0.15, 0.2) is 0 Å². The summed E-state index contributed by atoms with van der Waals surface area (Å²) in [6, 6.07) is 49.5.